The van der Waals surface area contributed by atoms with Crippen molar-refractivity contribution in [3.05, 3.63) is 46.2 Å². The molecule has 0 spiro atoms. The van der Waals surface area contributed by atoms with Gasteiger partial charge in [0.15, 0.2) is 0 Å². The Kier molecular flexibility index (Phi) is 11.6. The predicted molar refractivity (Wildman–Crippen MR) is 167 cm³/mol. The van der Waals surface area contributed by atoms with E-state index in [1.54, 1.807) is 11.1 Å². The molecule has 36 heavy (non-hydrogen) atoms. The highest BCUT2D eigenvalue weighted by atomic mass is 32.1. The quantitative estimate of drug-likeness (QED) is 0.114. The second-order valence-corrected chi connectivity index (χ2v) is 12.8. The van der Waals surface area contributed by atoms with E-state index < -0.39 is 0 Å². The number of aryl methyl sites for hydroxylation is 2. The van der Waals surface area contributed by atoms with Gasteiger partial charge in [0.2, 0.25) is 0 Å². The normalized spacial score (nSPS) is 11.9. The second-order valence-electron chi connectivity index (χ2n) is 10.9. The van der Waals surface area contributed by atoms with Crippen LogP contribution in [0.1, 0.15) is 128 Å². The van der Waals surface area contributed by atoms with Gasteiger partial charge in [0.25, 0.3) is 0 Å². The lowest BCUT2D eigenvalue weighted by atomic mass is 9.94. The minimum Gasteiger partial charge on any atom is -0.144 e. The van der Waals surface area contributed by atoms with Crippen molar-refractivity contribution in [2.75, 3.05) is 0 Å². The van der Waals surface area contributed by atoms with Crippen LogP contribution in [0, 0.1) is 0 Å². The zero-order chi connectivity index (χ0) is 25.0. The molecule has 0 saturated heterocycles. The molecule has 0 nitrogen and oxygen atoms in total. The summed E-state index contributed by atoms with van der Waals surface area (Å²) in [5.74, 6) is 0. The largest absolute Gasteiger partial charge is 0.144 e. The first-order valence-corrected chi connectivity index (χ1v) is 16.9. The van der Waals surface area contributed by atoms with Gasteiger partial charge in [0.05, 0.1) is 0 Å². The lowest BCUT2D eigenvalue weighted by molar-refractivity contribution is 0.576. The summed E-state index contributed by atoms with van der Waals surface area (Å²) >= 11 is 3.91. The standard InChI is InChI=1S/C34H48S2/c1-3-5-7-9-11-13-15-17-19-27-25-31-30-22-24-36-34(30)28(20-18-16-14-12-10-8-6-4-2)26-32(31)29-21-23-35-33(27)29/h21-26H,3-20H2,1-2H3. The van der Waals surface area contributed by atoms with Crippen molar-refractivity contribution in [2.45, 2.75) is 129 Å². The van der Waals surface area contributed by atoms with Gasteiger partial charge >= 0.3 is 0 Å². The monoisotopic (exact) mass is 520 g/mol. The van der Waals surface area contributed by atoms with E-state index >= 15 is 0 Å². The van der Waals surface area contributed by atoms with Crippen LogP contribution < -0.4 is 0 Å². The molecule has 4 rings (SSSR count). The van der Waals surface area contributed by atoms with Gasteiger partial charge in [-0.2, -0.15) is 0 Å². The maximum atomic E-state index is 2.56. The summed E-state index contributed by atoms with van der Waals surface area (Å²) in [6.07, 6.45) is 24.7. The van der Waals surface area contributed by atoms with Crippen molar-refractivity contribution in [2.24, 2.45) is 0 Å². The van der Waals surface area contributed by atoms with Gasteiger partial charge in [-0.3, -0.25) is 0 Å². The van der Waals surface area contributed by atoms with E-state index in [9.17, 15) is 0 Å². The molecule has 2 aromatic heterocycles. The molecule has 2 heteroatoms. The molecule has 196 valence electrons. The molecule has 0 amide bonds. The first kappa shape index (κ1) is 27.6. The third-order valence-electron chi connectivity index (χ3n) is 8.02. The first-order chi connectivity index (χ1) is 17.8. The summed E-state index contributed by atoms with van der Waals surface area (Å²) in [6, 6.07) is 9.89. The maximum Gasteiger partial charge on any atom is 0.0381 e. The Bertz CT molecular complexity index is 1080. The molecule has 0 fully saturated rings. The van der Waals surface area contributed by atoms with Crippen LogP contribution in [0.25, 0.3) is 30.9 Å². The van der Waals surface area contributed by atoms with Crippen LogP contribution in [-0.4, -0.2) is 0 Å². The summed E-state index contributed by atoms with van der Waals surface area (Å²) in [4.78, 5) is 0. The Morgan fingerprint density at radius 2 is 0.806 bits per heavy atom. The molecule has 0 bridgehead atoms. The lowest BCUT2D eigenvalue weighted by Crippen LogP contribution is -1.91. The van der Waals surface area contributed by atoms with Crippen LogP contribution in [0.3, 0.4) is 0 Å². The number of rotatable bonds is 18. The average Bonchev–Trinajstić information content (AvgIpc) is 3.58. The summed E-state index contributed by atoms with van der Waals surface area (Å²) < 4.78 is 3.08. The molecule has 0 aliphatic heterocycles. The van der Waals surface area contributed by atoms with Gasteiger partial charge in [-0.1, -0.05) is 104 Å². The van der Waals surface area contributed by atoms with Crippen molar-refractivity contribution in [3.63, 3.8) is 0 Å². The van der Waals surface area contributed by atoms with Crippen molar-refractivity contribution < 1.29 is 0 Å². The Labute approximate surface area is 228 Å². The van der Waals surface area contributed by atoms with Crippen molar-refractivity contribution >= 4 is 53.6 Å². The topological polar surface area (TPSA) is 0 Å². The fraction of sp³-hybridized carbons (Fsp3) is 0.588. The third-order valence-corrected chi connectivity index (χ3v) is 10.0. The minimum absolute atomic E-state index is 1.23. The van der Waals surface area contributed by atoms with E-state index in [2.05, 4.69) is 48.9 Å². The molecule has 0 aliphatic rings. The Morgan fingerprint density at radius 1 is 0.444 bits per heavy atom. The fourth-order valence-electron chi connectivity index (χ4n) is 5.89. The van der Waals surface area contributed by atoms with Gasteiger partial charge in [-0.15, -0.1) is 22.7 Å². The number of fused-ring (bicyclic) bond motifs is 5. The van der Waals surface area contributed by atoms with Gasteiger partial charge in [-0.25, -0.2) is 0 Å². The van der Waals surface area contributed by atoms with Gasteiger partial charge < -0.3 is 0 Å². The predicted octanol–water partition coefficient (Wildman–Crippen LogP) is 12.6. The molecule has 2 heterocycles. The highest BCUT2D eigenvalue weighted by molar-refractivity contribution is 7.18. The maximum absolute atomic E-state index is 2.56. The number of benzene rings is 2. The third kappa shape index (κ3) is 7.35. The molecular weight excluding hydrogens is 473 g/mol. The van der Waals surface area contributed by atoms with Crippen molar-refractivity contribution in [1.29, 1.82) is 0 Å². The highest BCUT2D eigenvalue weighted by Crippen LogP contribution is 2.40. The van der Waals surface area contributed by atoms with Gasteiger partial charge in [-0.05, 0) is 82.6 Å². The van der Waals surface area contributed by atoms with E-state index in [1.807, 2.05) is 22.7 Å². The summed E-state index contributed by atoms with van der Waals surface area (Å²) in [5, 5.41) is 10.6. The van der Waals surface area contributed by atoms with Crippen molar-refractivity contribution in [3.8, 4) is 0 Å². The molecule has 0 radical (unpaired) electrons. The minimum atomic E-state index is 1.23. The molecule has 4 aromatic rings. The summed E-state index contributed by atoms with van der Waals surface area (Å²) in [7, 11) is 0. The molecule has 0 aliphatic carbocycles. The molecule has 0 unspecified atom stereocenters. The Balaban J connectivity index is 1.42. The first-order valence-electron chi connectivity index (χ1n) is 15.1. The van der Waals surface area contributed by atoms with Crippen LogP contribution >= 0.6 is 22.7 Å². The average molecular weight is 521 g/mol. The lowest BCUT2D eigenvalue weighted by Gasteiger charge is -2.12. The fourth-order valence-corrected chi connectivity index (χ4v) is 7.81. The Hall–Kier alpha value is -1.38. The van der Waals surface area contributed by atoms with E-state index in [4.69, 9.17) is 0 Å². The van der Waals surface area contributed by atoms with Crippen LogP contribution in [0.2, 0.25) is 0 Å². The number of hydrogen-bond donors (Lipinski definition) is 0. The molecule has 2 aromatic carbocycles. The number of hydrogen-bond acceptors (Lipinski definition) is 2. The second kappa shape index (κ2) is 15.1. The summed E-state index contributed by atoms with van der Waals surface area (Å²) in [5.41, 5.74) is 3.17. The number of thiophene rings is 2. The Morgan fingerprint density at radius 3 is 1.19 bits per heavy atom. The molecule has 0 atom stereocenters. The molecule has 0 N–H and O–H groups in total. The summed E-state index contributed by atoms with van der Waals surface area (Å²) in [6.45, 7) is 4.60. The molecular formula is C34H48S2. The van der Waals surface area contributed by atoms with Crippen LogP contribution in [-0.2, 0) is 12.8 Å². The van der Waals surface area contributed by atoms with E-state index in [0.29, 0.717) is 0 Å². The highest BCUT2D eigenvalue weighted by Gasteiger charge is 2.14. The smallest absolute Gasteiger partial charge is 0.0381 e. The van der Waals surface area contributed by atoms with Gasteiger partial charge in [0, 0.05) is 20.2 Å². The van der Waals surface area contributed by atoms with Crippen LogP contribution in [0.5, 0.6) is 0 Å². The van der Waals surface area contributed by atoms with Crippen LogP contribution in [0.15, 0.2) is 35.0 Å². The SMILES string of the molecule is CCCCCCCCCCc1cc2c3ccsc3c(CCCCCCCCCC)cc2c2ccsc12. The van der Waals surface area contributed by atoms with Gasteiger partial charge in [0.1, 0.15) is 0 Å². The zero-order valence-corrected chi connectivity index (χ0v) is 24.6. The van der Waals surface area contributed by atoms with E-state index in [1.165, 1.54) is 147 Å². The van der Waals surface area contributed by atoms with Crippen LogP contribution in [0.4, 0.5) is 0 Å². The van der Waals surface area contributed by atoms with E-state index in [0.717, 1.165) is 0 Å². The zero-order valence-electron chi connectivity index (χ0n) is 23.0. The molecule has 0 saturated carbocycles. The van der Waals surface area contributed by atoms with Crippen molar-refractivity contribution in [1.82, 2.24) is 0 Å². The van der Waals surface area contributed by atoms with E-state index in [-0.39, 0.29) is 0 Å². The number of unbranched alkanes of at least 4 members (excludes halogenated alkanes) is 14.